The van der Waals surface area contributed by atoms with Crippen molar-refractivity contribution >= 4 is 28.2 Å². The van der Waals surface area contributed by atoms with E-state index in [0.29, 0.717) is 5.75 Å². The zero-order valence-electron chi connectivity index (χ0n) is 14.9. The summed E-state index contributed by atoms with van der Waals surface area (Å²) in [4.78, 5) is 4.21. The maximum atomic E-state index is 13.2. The summed E-state index contributed by atoms with van der Waals surface area (Å²) in [6.45, 7) is 3.40. The largest absolute Gasteiger partial charge is 0.431 e. The van der Waals surface area contributed by atoms with Gasteiger partial charge < -0.3 is 0 Å². The van der Waals surface area contributed by atoms with E-state index >= 15 is 0 Å². The van der Waals surface area contributed by atoms with E-state index in [1.807, 2.05) is 0 Å². The number of alkyl halides is 6. The average Bonchev–Trinajstić information content (AvgIpc) is 3.07. The number of hydrogen-bond donors (Lipinski definition) is 1. The van der Waals surface area contributed by atoms with Gasteiger partial charge in [0.25, 0.3) is 0 Å². The third kappa shape index (κ3) is 4.60. The molecule has 152 valence electrons. The topological polar surface area (TPSA) is 60.5 Å². The number of benzene rings is 1. The summed E-state index contributed by atoms with van der Waals surface area (Å²) in [7, 11) is 0. The van der Waals surface area contributed by atoms with Crippen LogP contribution in [0.5, 0.6) is 0 Å². The Morgan fingerprint density at radius 2 is 1.93 bits per heavy atom. The van der Waals surface area contributed by atoms with Gasteiger partial charge in [0.15, 0.2) is 0 Å². The smallest absolute Gasteiger partial charge is 0.297 e. The first-order valence-corrected chi connectivity index (χ1v) is 9.19. The van der Waals surface area contributed by atoms with Crippen molar-refractivity contribution in [2.24, 2.45) is 10.1 Å². The minimum Gasteiger partial charge on any atom is -0.297 e. The maximum absolute atomic E-state index is 13.2. The molecule has 1 aliphatic heterocycles. The lowest BCUT2D eigenvalue weighted by Crippen LogP contribution is -2.46. The number of aliphatic imine (C=N–C) groups is 1. The first kappa shape index (κ1) is 22.1. The quantitative estimate of drug-likeness (QED) is 0.400. The Bertz CT molecular complexity index is 838. The molecule has 1 unspecified atom stereocenters. The number of nitriles is 1. The fraction of sp³-hybridized carbons (Fsp3) is 0.471. The van der Waals surface area contributed by atoms with Crippen molar-refractivity contribution in [3.63, 3.8) is 0 Å². The molecule has 0 amide bonds. The molecule has 0 bridgehead atoms. The summed E-state index contributed by atoms with van der Waals surface area (Å²) in [5.41, 5.74) is -1.55. The van der Waals surface area contributed by atoms with Gasteiger partial charge in [-0.3, -0.25) is 5.43 Å². The SMILES string of the molecule is CCS/C(=N\c1ccc(C#N)c(C(F)(F)F)c1)C1(CC)CC(C(F)(F)F)=NN1. The van der Waals surface area contributed by atoms with Crippen LogP contribution in [0.2, 0.25) is 0 Å². The van der Waals surface area contributed by atoms with Crippen LogP contribution in [0.15, 0.2) is 28.3 Å². The van der Waals surface area contributed by atoms with Gasteiger partial charge in [-0.25, -0.2) is 4.99 Å². The van der Waals surface area contributed by atoms with Crippen molar-refractivity contribution in [2.45, 2.75) is 44.6 Å². The summed E-state index contributed by atoms with van der Waals surface area (Å²) >= 11 is 1.13. The molecule has 1 aromatic carbocycles. The van der Waals surface area contributed by atoms with Crippen molar-refractivity contribution in [2.75, 3.05) is 5.75 Å². The van der Waals surface area contributed by atoms with Gasteiger partial charge in [-0.1, -0.05) is 13.8 Å². The van der Waals surface area contributed by atoms with Crippen LogP contribution < -0.4 is 5.43 Å². The maximum Gasteiger partial charge on any atom is 0.431 e. The Morgan fingerprint density at radius 1 is 1.25 bits per heavy atom. The van der Waals surface area contributed by atoms with Gasteiger partial charge in [-0.05, 0) is 30.4 Å². The van der Waals surface area contributed by atoms with E-state index in [-0.39, 0.29) is 17.2 Å². The third-order valence-corrected chi connectivity index (χ3v) is 5.20. The van der Waals surface area contributed by atoms with Gasteiger partial charge in [-0.15, -0.1) is 11.8 Å². The van der Waals surface area contributed by atoms with E-state index in [1.165, 1.54) is 12.1 Å². The lowest BCUT2D eigenvalue weighted by Gasteiger charge is -2.29. The summed E-state index contributed by atoms with van der Waals surface area (Å²) < 4.78 is 78.5. The molecule has 1 aromatic rings. The van der Waals surface area contributed by atoms with E-state index in [2.05, 4.69) is 15.5 Å². The van der Waals surface area contributed by atoms with Crippen LogP contribution in [0.3, 0.4) is 0 Å². The van der Waals surface area contributed by atoms with Crippen molar-refractivity contribution < 1.29 is 26.3 Å². The molecular weight excluding hydrogens is 406 g/mol. The number of nitrogens with zero attached hydrogens (tertiary/aromatic N) is 3. The van der Waals surface area contributed by atoms with Crippen LogP contribution in [0.4, 0.5) is 32.0 Å². The number of thioether (sulfide) groups is 1. The number of hydrogen-bond acceptors (Lipinski definition) is 5. The van der Waals surface area contributed by atoms with E-state index in [0.717, 1.165) is 23.9 Å². The minimum atomic E-state index is -4.75. The summed E-state index contributed by atoms with van der Waals surface area (Å²) in [5.74, 6) is 0.450. The Labute approximate surface area is 161 Å². The average molecular weight is 422 g/mol. The van der Waals surface area contributed by atoms with Gasteiger partial charge in [0, 0.05) is 6.42 Å². The van der Waals surface area contributed by atoms with Crippen molar-refractivity contribution in [3.8, 4) is 6.07 Å². The summed E-state index contributed by atoms with van der Waals surface area (Å²) in [6.07, 6.45) is -9.63. The van der Waals surface area contributed by atoms with Crippen LogP contribution in [-0.2, 0) is 6.18 Å². The molecule has 0 fully saturated rings. The summed E-state index contributed by atoms with van der Waals surface area (Å²) in [6, 6.07) is 4.42. The molecule has 1 heterocycles. The van der Waals surface area contributed by atoms with Crippen LogP contribution >= 0.6 is 11.8 Å². The Morgan fingerprint density at radius 3 is 2.39 bits per heavy atom. The standard InChI is InChI=1S/C17H16F6N4S/c1-3-15(8-13(26-27-15)17(21,22)23)14(28-4-2)25-11-6-5-10(9-24)12(7-11)16(18,19)20/h5-7,27H,3-4,8H2,1-2H3/b25-14-. The van der Waals surface area contributed by atoms with Crippen LogP contribution in [-0.4, -0.2) is 28.2 Å². The highest BCUT2D eigenvalue weighted by Crippen LogP contribution is 2.37. The lowest BCUT2D eigenvalue weighted by atomic mass is 9.92. The molecular formula is C17H16F6N4S. The monoisotopic (exact) mass is 422 g/mol. The molecule has 0 saturated heterocycles. The normalized spacial score (nSPS) is 20.5. The second kappa shape index (κ2) is 8.03. The van der Waals surface area contributed by atoms with Gasteiger partial charge in [0.2, 0.25) is 0 Å². The molecule has 11 heteroatoms. The predicted octanol–water partition coefficient (Wildman–Crippen LogP) is 5.42. The van der Waals surface area contributed by atoms with E-state index < -0.39 is 41.2 Å². The second-order valence-electron chi connectivity index (χ2n) is 5.97. The second-order valence-corrected chi connectivity index (χ2v) is 7.22. The van der Waals surface area contributed by atoms with Crippen LogP contribution in [0.25, 0.3) is 0 Å². The highest BCUT2D eigenvalue weighted by molar-refractivity contribution is 8.14. The molecule has 0 aromatic heterocycles. The Hall–Kier alpha value is -2.22. The van der Waals surface area contributed by atoms with Gasteiger partial charge in [0.05, 0.1) is 22.9 Å². The van der Waals surface area contributed by atoms with E-state index in [9.17, 15) is 26.3 Å². The highest BCUT2D eigenvalue weighted by atomic mass is 32.2. The zero-order valence-corrected chi connectivity index (χ0v) is 15.7. The van der Waals surface area contributed by atoms with Crippen LogP contribution in [0, 0.1) is 11.3 Å². The van der Waals surface area contributed by atoms with Crippen LogP contribution in [0.1, 0.15) is 37.8 Å². The molecule has 1 atom stereocenters. The number of hydrazone groups is 1. The molecule has 2 rings (SSSR count). The van der Waals surface area contributed by atoms with Crippen molar-refractivity contribution in [1.29, 1.82) is 5.26 Å². The third-order valence-electron chi connectivity index (χ3n) is 4.15. The first-order chi connectivity index (χ1) is 13.0. The number of rotatable bonds is 4. The molecule has 0 spiro atoms. The number of halogens is 6. The Balaban J connectivity index is 2.49. The lowest BCUT2D eigenvalue weighted by molar-refractivity contribution is -0.137. The van der Waals surface area contributed by atoms with Crippen molar-refractivity contribution in [1.82, 2.24) is 5.43 Å². The van der Waals surface area contributed by atoms with Gasteiger partial charge >= 0.3 is 12.4 Å². The fourth-order valence-corrected chi connectivity index (χ4v) is 3.63. The molecule has 0 saturated carbocycles. The molecule has 1 N–H and O–H groups in total. The number of nitrogens with one attached hydrogen (secondary N) is 1. The first-order valence-electron chi connectivity index (χ1n) is 8.21. The van der Waals surface area contributed by atoms with E-state index in [4.69, 9.17) is 5.26 Å². The fourth-order valence-electron chi connectivity index (χ4n) is 2.65. The van der Waals surface area contributed by atoms with Crippen molar-refractivity contribution in [3.05, 3.63) is 29.3 Å². The zero-order chi connectivity index (χ0) is 21.2. The van der Waals surface area contributed by atoms with E-state index in [1.54, 1.807) is 13.8 Å². The van der Waals surface area contributed by atoms with Gasteiger partial charge in [0.1, 0.15) is 16.3 Å². The molecule has 4 nitrogen and oxygen atoms in total. The summed E-state index contributed by atoms with van der Waals surface area (Å²) in [5, 5.41) is 12.5. The predicted molar refractivity (Wildman–Crippen MR) is 95.7 cm³/mol. The molecule has 1 aliphatic rings. The van der Waals surface area contributed by atoms with Gasteiger partial charge in [-0.2, -0.15) is 36.7 Å². The Kier molecular flexibility index (Phi) is 6.33. The highest BCUT2D eigenvalue weighted by Gasteiger charge is 2.48. The molecule has 0 aliphatic carbocycles. The minimum absolute atomic E-state index is 0.0997. The molecule has 0 radical (unpaired) electrons. The molecule has 28 heavy (non-hydrogen) atoms.